The summed E-state index contributed by atoms with van der Waals surface area (Å²) in [6.07, 6.45) is 0. The Balaban J connectivity index is 2.46. The van der Waals surface area contributed by atoms with Crippen LogP contribution in [0.5, 0.6) is 5.75 Å². The fraction of sp³-hybridized carbons (Fsp3) is 0.294. The van der Waals surface area contributed by atoms with Gasteiger partial charge in [-0.05, 0) is 71.1 Å². The third-order valence-corrected chi connectivity index (χ3v) is 4.20. The molecule has 1 unspecified atom stereocenters. The second kappa shape index (κ2) is 5.98. The molecular formula is C17H20BrNO. The largest absolute Gasteiger partial charge is 0.496 e. The molecule has 20 heavy (non-hydrogen) atoms. The van der Waals surface area contributed by atoms with Crippen LogP contribution in [0.2, 0.25) is 0 Å². The second-order valence-electron chi connectivity index (χ2n) is 5.18. The highest BCUT2D eigenvalue weighted by molar-refractivity contribution is 9.10. The predicted molar refractivity (Wildman–Crippen MR) is 87.4 cm³/mol. The van der Waals surface area contributed by atoms with Crippen molar-refractivity contribution in [3.05, 3.63) is 62.6 Å². The molecule has 0 aliphatic rings. The topological polar surface area (TPSA) is 35.2 Å². The monoisotopic (exact) mass is 333 g/mol. The van der Waals surface area contributed by atoms with Crippen LogP contribution >= 0.6 is 15.9 Å². The normalized spacial score (nSPS) is 12.3. The van der Waals surface area contributed by atoms with Gasteiger partial charge in [-0.1, -0.05) is 23.8 Å². The highest BCUT2D eigenvalue weighted by Crippen LogP contribution is 2.32. The number of methoxy groups -OCH3 is 1. The second-order valence-corrected chi connectivity index (χ2v) is 6.04. The molecule has 0 saturated heterocycles. The molecule has 0 aliphatic heterocycles. The molecule has 2 aromatic rings. The SMILES string of the molecule is COc1ccc(C(N)c2c(C)cc(C)cc2C)cc1Br. The van der Waals surface area contributed by atoms with Crippen molar-refractivity contribution in [2.24, 2.45) is 5.73 Å². The minimum Gasteiger partial charge on any atom is -0.496 e. The summed E-state index contributed by atoms with van der Waals surface area (Å²) in [5.74, 6) is 0.818. The number of halogens is 1. The molecule has 0 radical (unpaired) electrons. The van der Waals surface area contributed by atoms with Crippen LogP contribution in [0.1, 0.15) is 33.9 Å². The highest BCUT2D eigenvalue weighted by Gasteiger charge is 2.15. The molecule has 0 heterocycles. The van der Waals surface area contributed by atoms with E-state index in [1.165, 1.54) is 22.3 Å². The lowest BCUT2D eigenvalue weighted by atomic mass is 9.90. The van der Waals surface area contributed by atoms with Gasteiger partial charge in [-0.25, -0.2) is 0 Å². The average Bonchev–Trinajstić information content (AvgIpc) is 2.37. The maximum atomic E-state index is 6.47. The van der Waals surface area contributed by atoms with E-state index in [1.54, 1.807) is 7.11 Å². The summed E-state index contributed by atoms with van der Waals surface area (Å²) in [6, 6.07) is 10.2. The maximum Gasteiger partial charge on any atom is 0.133 e. The van der Waals surface area contributed by atoms with E-state index in [0.717, 1.165) is 15.8 Å². The van der Waals surface area contributed by atoms with Gasteiger partial charge < -0.3 is 10.5 Å². The van der Waals surface area contributed by atoms with Crippen molar-refractivity contribution in [1.82, 2.24) is 0 Å². The van der Waals surface area contributed by atoms with Crippen LogP contribution in [0.25, 0.3) is 0 Å². The lowest BCUT2D eigenvalue weighted by Gasteiger charge is -2.19. The Morgan fingerprint density at radius 1 is 1.05 bits per heavy atom. The standard InChI is InChI=1S/C17H20BrNO/c1-10-7-11(2)16(12(3)8-10)17(19)13-5-6-15(20-4)14(18)9-13/h5-9,17H,19H2,1-4H3. The molecule has 0 spiro atoms. The zero-order valence-electron chi connectivity index (χ0n) is 12.3. The summed E-state index contributed by atoms with van der Waals surface area (Å²) in [5.41, 5.74) is 12.5. The zero-order valence-corrected chi connectivity index (χ0v) is 13.9. The molecule has 0 saturated carbocycles. The molecule has 2 rings (SSSR count). The highest BCUT2D eigenvalue weighted by atomic mass is 79.9. The maximum absolute atomic E-state index is 6.47. The number of aryl methyl sites for hydroxylation is 3. The molecule has 0 aliphatic carbocycles. The van der Waals surface area contributed by atoms with Crippen molar-refractivity contribution >= 4 is 15.9 Å². The molecule has 1 atom stereocenters. The van der Waals surface area contributed by atoms with Crippen molar-refractivity contribution in [1.29, 1.82) is 0 Å². The van der Waals surface area contributed by atoms with Crippen LogP contribution in [0.4, 0.5) is 0 Å². The summed E-state index contributed by atoms with van der Waals surface area (Å²) in [6.45, 7) is 6.35. The van der Waals surface area contributed by atoms with Crippen molar-refractivity contribution < 1.29 is 4.74 Å². The number of rotatable bonds is 3. The van der Waals surface area contributed by atoms with Gasteiger partial charge in [0, 0.05) is 0 Å². The van der Waals surface area contributed by atoms with Gasteiger partial charge in [-0.3, -0.25) is 0 Å². The molecule has 2 N–H and O–H groups in total. The first-order chi connectivity index (χ1) is 9.43. The minimum atomic E-state index is -0.127. The van der Waals surface area contributed by atoms with Crippen LogP contribution in [0, 0.1) is 20.8 Å². The molecule has 0 bridgehead atoms. The molecule has 0 aromatic heterocycles. The van der Waals surface area contributed by atoms with Crippen molar-refractivity contribution in [2.45, 2.75) is 26.8 Å². The van der Waals surface area contributed by atoms with Crippen LogP contribution < -0.4 is 10.5 Å². The van der Waals surface area contributed by atoms with Gasteiger partial charge in [0.15, 0.2) is 0 Å². The molecule has 0 fully saturated rings. The van der Waals surface area contributed by atoms with E-state index in [-0.39, 0.29) is 6.04 Å². The molecule has 0 amide bonds. The average molecular weight is 334 g/mol. The third kappa shape index (κ3) is 2.89. The fourth-order valence-electron chi connectivity index (χ4n) is 2.72. The number of nitrogens with two attached hydrogens (primary N) is 1. The third-order valence-electron chi connectivity index (χ3n) is 3.58. The summed E-state index contributed by atoms with van der Waals surface area (Å²) >= 11 is 3.52. The van der Waals surface area contributed by atoms with E-state index >= 15 is 0 Å². The molecule has 3 heteroatoms. The Hall–Kier alpha value is -1.32. The predicted octanol–water partition coefficient (Wildman–Crippen LogP) is 4.43. The summed E-state index contributed by atoms with van der Waals surface area (Å²) in [4.78, 5) is 0. The van der Waals surface area contributed by atoms with E-state index in [0.29, 0.717) is 0 Å². The van der Waals surface area contributed by atoms with Crippen LogP contribution in [-0.2, 0) is 0 Å². The van der Waals surface area contributed by atoms with E-state index < -0.39 is 0 Å². The van der Waals surface area contributed by atoms with Crippen LogP contribution in [0.3, 0.4) is 0 Å². The van der Waals surface area contributed by atoms with Gasteiger partial charge in [0.05, 0.1) is 17.6 Å². The van der Waals surface area contributed by atoms with E-state index in [2.05, 4.69) is 48.8 Å². The number of hydrogen-bond acceptors (Lipinski definition) is 2. The Bertz CT molecular complexity index is 614. The fourth-order valence-corrected chi connectivity index (χ4v) is 3.28. The van der Waals surface area contributed by atoms with Gasteiger partial charge in [0.25, 0.3) is 0 Å². The van der Waals surface area contributed by atoms with Gasteiger partial charge in [-0.2, -0.15) is 0 Å². The quantitative estimate of drug-likeness (QED) is 0.901. The number of benzene rings is 2. The molecule has 2 aromatic carbocycles. The first-order valence-electron chi connectivity index (χ1n) is 6.60. The Morgan fingerprint density at radius 3 is 2.15 bits per heavy atom. The van der Waals surface area contributed by atoms with Gasteiger partial charge in [-0.15, -0.1) is 0 Å². The van der Waals surface area contributed by atoms with Crippen molar-refractivity contribution in [3.63, 3.8) is 0 Å². The minimum absolute atomic E-state index is 0.127. The molecule has 2 nitrogen and oxygen atoms in total. The lowest BCUT2D eigenvalue weighted by molar-refractivity contribution is 0.412. The first-order valence-corrected chi connectivity index (χ1v) is 7.40. The molecular weight excluding hydrogens is 314 g/mol. The van der Waals surface area contributed by atoms with E-state index in [1.807, 2.05) is 18.2 Å². The lowest BCUT2D eigenvalue weighted by Crippen LogP contribution is -2.15. The Kier molecular flexibility index (Phi) is 4.51. The van der Waals surface area contributed by atoms with Crippen LogP contribution in [0.15, 0.2) is 34.8 Å². The van der Waals surface area contributed by atoms with Crippen LogP contribution in [-0.4, -0.2) is 7.11 Å². The van der Waals surface area contributed by atoms with Gasteiger partial charge >= 0.3 is 0 Å². The number of hydrogen-bond donors (Lipinski definition) is 1. The summed E-state index contributed by atoms with van der Waals surface area (Å²) < 4.78 is 6.19. The Labute approximate surface area is 129 Å². The zero-order chi connectivity index (χ0) is 14.9. The van der Waals surface area contributed by atoms with Crippen molar-refractivity contribution in [3.8, 4) is 5.75 Å². The Morgan fingerprint density at radius 2 is 1.65 bits per heavy atom. The van der Waals surface area contributed by atoms with E-state index in [9.17, 15) is 0 Å². The number of ether oxygens (including phenoxy) is 1. The summed E-state index contributed by atoms with van der Waals surface area (Å²) in [5, 5.41) is 0. The summed E-state index contributed by atoms with van der Waals surface area (Å²) in [7, 11) is 1.66. The smallest absolute Gasteiger partial charge is 0.133 e. The van der Waals surface area contributed by atoms with Gasteiger partial charge in [0.2, 0.25) is 0 Å². The van der Waals surface area contributed by atoms with E-state index in [4.69, 9.17) is 10.5 Å². The van der Waals surface area contributed by atoms with Crippen molar-refractivity contribution in [2.75, 3.05) is 7.11 Å². The van der Waals surface area contributed by atoms with Gasteiger partial charge in [0.1, 0.15) is 5.75 Å². The first kappa shape index (κ1) is 15.1. The molecule has 106 valence electrons.